The van der Waals surface area contributed by atoms with Gasteiger partial charge >= 0.3 is 0 Å². The van der Waals surface area contributed by atoms with Crippen LogP contribution in [0.1, 0.15) is 12.8 Å². The molecule has 6 heteroatoms. The molecule has 1 saturated heterocycles. The summed E-state index contributed by atoms with van der Waals surface area (Å²) in [7, 11) is 2.09. The number of hydrogen-bond acceptors (Lipinski definition) is 5. The first kappa shape index (κ1) is 14.5. The largest absolute Gasteiger partial charge is 0.358 e. The molecule has 0 radical (unpaired) electrons. The maximum atomic E-state index is 4.48. The lowest BCUT2D eigenvalue weighted by Gasteiger charge is -2.22. The Morgan fingerprint density at radius 2 is 2.41 bits per heavy atom. The molecule has 2 heterocycles. The van der Waals surface area contributed by atoms with Gasteiger partial charge in [-0.05, 0) is 31.7 Å². The van der Waals surface area contributed by atoms with Gasteiger partial charge in [0.05, 0.1) is 0 Å². The van der Waals surface area contributed by atoms with Crippen LogP contribution in [0.15, 0.2) is 17.4 Å². The molecule has 2 rings (SSSR count). The molecule has 0 spiro atoms. The van der Waals surface area contributed by atoms with Gasteiger partial charge in [-0.2, -0.15) is 0 Å². The molecule has 0 bridgehead atoms. The number of rotatable bonds is 4. The number of hydrogen-bond donors (Lipinski definition) is 1. The zero-order valence-corrected chi connectivity index (χ0v) is 11.9. The van der Waals surface area contributed by atoms with Crippen LogP contribution in [0.3, 0.4) is 0 Å². The Labute approximate surface area is 113 Å². The molecule has 1 N–H and O–H groups in total. The third kappa shape index (κ3) is 4.01. The average molecular weight is 275 g/mol. The zero-order valence-electron chi connectivity index (χ0n) is 10.2. The Kier molecular flexibility index (Phi) is 6.02. The van der Waals surface area contributed by atoms with Crippen LogP contribution in [0.5, 0.6) is 0 Å². The van der Waals surface area contributed by atoms with Gasteiger partial charge in [0.2, 0.25) is 0 Å². The van der Waals surface area contributed by atoms with Gasteiger partial charge < -0.3 is 10.2 Å². The summed E-state index contributed by atoms with van der Waals surface area (Å²) in [4.78, 5) is 10.9. The van der Waals surface area contributed by atoms with Crippen LogP contribution in [0.25, 0.3) is 0 Å². The second-order valence-corrected chi connectivity index (χ2v) is 4.85. The van der Waals surface area contributed by atoms with E-state index in [-0.39, 0.29) is 12.4 Å². The fourth-order valence-electron chi connectivity index (χ4n) is 1.98. The Hall–Kier alpha value is -0.520. The van der Waals surface area contributed by atoms with Crippen molar-refractivity contribution < 1.29 is 0 Å². The molecule has 1 fully saturated rings. The molecule has 1 aromatic heterocycles. The van der Waals surface area contributed by atoms with E-state index in [4.69, 9.17) is 0 Å². The third-order valence-corrected chi connectivity index (χ3v) is 3.41. The van der Waals surface area contributed by atoms with Crippen molar-refractivity contribution in [3.8, 4) is 0 Å². The summed E-state index contributed by atoms with van der Waals surface area (Å²) in [6.45, 7) is 2.17. The molecule has 1 aromatic rings. The lowest BCUT2D eigenvalue weighted by atomic mass is 10.2. The van der Waals surface area contributed by atoms with Gasteiger partial charge in [0.25, 0.3) is 0 Å². The summed E-state index contributed by atoms with van der Waals surface area (Å²) in [5, 5.41) is 4.33. The SMILES string of the molecule is CSc1nccc(N(C)CC2CCCN2)n1.Cl. The van der Waals surface area contributed by atoms with Crippen molar-refractivity contribution >= 4 is 30.0 Å². The maximum absolute atomic E-state index is 4.48. The van der Waals surface area contributed by atoms with E-state index in [0.29, 0.717) is 6.04 Å². The standard InChI is InChI=1S/C11H18N4S.ClH/c1-15(8-9-4-3-6-12-9)10-5-7-13-11(14-10)16-2;/h5,7,9,12H,3-4,6,8H2,1-2H3;1H. The molecule has 0 aromatic carbocycles. The molecule has 1 aliphatic rings. The van der Waals surface area contributed by atoms with Gasteiger partial charge in [-0.25, -0.2) is 9.97 Å². The molecular formula is C11H19ClN4S. The van der Waals surface area contributed by atoms with E-state index in [2.05, 4.69) is 27.2 Å². The fraction of sp³-hybridized carbons (Fsp3) is 0.636. The molecule has 0 saturated carbocycles. The van der Waals surface area contributed by atoms with Crippen molar-refractivity contribution in [3.05, 3.63) is 12.3 Å². The summed E-state index contributed by atoms with van der Waals surface area (Å²) >= 11 is 1.58. The number of thioether (sulfide) groups is 1. The second-order valence-electron chi connectivity index (χ2n) is 4.08. The van der Waals surface area contributed by atoms with Gasteiger partial charge in [0.15, 0.2) is 5.16 Å². The predicted molar refractivity (Wildman–Crippen MR) is 75.4 cm³/mol. The Balaban J connectivity index is 0.00000144. The molecule has 17 heavy (non-hydrogen) atoms. The maximum Gasteiger partial charge on any atom is 0.189 e. The van der Waals surface area contributed by atoms with Crippen LogP contribution in [0.4, 0.5) is 5.82 Å². The van der Waals surface area contributed by atoms with Crippen LogP contribution >= 0.6 is 24.2 Å². The monoisotopic (exact) mass is 274 g/mol. The molecule has 0 amide bonds. The summed E-state index contributed by atoms with van der Waals surface area (Å²) < 4.78 is 0. The number of likely N-dealkylation sites (N-methyl/N-ethyl adjacent to an activating group) is 1. The predicted octanol–water partition coefficient (Wildman–Crippen LogP) is 1.81. The first-order valence-electron chi connectivity index (χ1n) is 5.61. The Morgan fingerprint density at radius 3 is 3.06 bits per heavy atom. The fourth-order valence-corrected chi connectivity index (χ4v) is 2.33. The summed E-state index contributed by atoms with van der Waals surface area (Å²) in [5.74, 6) is 1.01. The molecule has 1 atom stereocenters. The first-order chi connectivity index (χ1) is 7.79. The van der Waals surface area contributed by atoms with E-state index in [9.17, 15) is 0 Å². The van der Waals surface area contributed by atoms with E-state index in [1.54, 1.807) is 11.8 Å². The minimum absolute atomic E-state index is 0. The lowest BCUT2D eigenvalue weighted by molar-refractivity contribution is 0.596. The van der Waals surface area contributed by atoms with Crippen LogP contribution in [-0.4, -0.2) is 42.4 Å². The first-order valence-corrected chi connectivity index (χ1v) is 6.83. The van der Waals surface area contributed by atoms with Crippen molar-refractivity contribution in [1.29, 1.82) is 0 Å². The van der Waals surface area contributed by atoms with Crippen molar-refractivity contribution in [2.45, 2.75) is 24.0 Å². The molecule has 1 aliphatic heterocycles. The summed E-state index contributed by atoms with van der Waals surface area (Å²) in [6.07, 6.45) is 6.38. The van der Waals surface area contributed by atoms with Crippen molar-refractivity contribution in [3.63, 3.8) is 0 Å². The number of nitrogens with zero attached hydrogens (tertiary/aromatic N) is 3. The minimum atomic E-state index is 0. The van der Waals surface area contributed by atoms with Gasteiger partial charge in [0.1, 0.15) is 5.82 Å². The van der Waals surface area contributed by atoms with Gasteiger partial charge in [-0.15, -0.1) is 12.4 Å². The zero-order chi connectivity index (χ0) is 11.4. The molecule has 0 aliphatic carbocycles. The lowest BCUT2D eigenvalue weighted by Crippen LogP contribution is -2.35. The Morgan fingerprint density at radius 1 is 1.59 bits per heavy atom. The van der Waals surface area contributed by atoms with Gasteiger partial charge in [-0.1, -0.05) is 11.8 Å². The highest BCUT2D eigenvalue weighted by Crippen LogP contribution is 2.15. The van der Waals surface area contributed by atoms with Gasteiger partial charge in [0, 0.05) is 25.8 Å². The van der Waals surface area contributed by atoms with E-state index >= 15 is 0 Å². The third-order valence-electron chi connectivity index (χ3n) is 2.85. The van der Waals surface area contributed by atoms with Crippen LogP contribution in [0, 0.1) is 0 Å². The van der Waals surface area contributed by atoms with E-state index in [0.717, 1.165) is 24.1 Å². The van der Waals surface area contributed by atoms with Crippen molar-refractivity contribution in [2.24, 2.45) is 0 Å². The van der Waals surface area contributed by atoms with Crippen molar-refractivity contribution in [1.82, 2.24) is 15.3 Å². The van der Waals surface area contributed by atoms with Crippen LogP contribution in [-0.2, 0) is 0 Å². The molecule has 1 unspecified atom stereocenters. The summed E-state index contributed by atoms with van der Waals surface area (Å²) in [5.41, 5.74) is 0. The number of aromatic nitrogens is 2. The molecule has 96 valence electrons. The highest BCUT2D eigenvalue weighted by atomic mass is 35.5. The van der Waals surface area contributed by atoms with Gasteiger partial charge in [-0.3, -0.25) is 0 Å². The molecular weight excluding hydrogens is 256 g/mol. The van der Waals surface area contributed by atoms with E-state index in [1.165, 1.54) is 12.8 Å². The average Bonchev–Trinajstić information content (AvgIpc) is 2.82. The second kappa shape index (κ2) is 7.03. The van der Waals surface area contributed by atoms with Crippen LogP contribution in [0.2, 0.25) is 0 Å². The number of nitrogens with one attached hydrogen (secondary N) is 1. The summed E-state index contributed by atoms with van der Waals surface area (Å²) in [6, 6.07) is 2.58. The van der Waals surface area contributed by atoms with E-state index in [1.807, 2.05) is 18.5 Å². The van der Waals surface area contributed by atoms with Crippen LogP contribution < -0.4 is 10.2 Å². The smallest absolute Gasteiger partial charge is 0.189 e. The number of anilines is 1. The quantitative estimate of drug-likeness (QED) is 0.670. The highest BCUT2D eigenvalue weighted by molar-refractivity contribution is 7.98. The topological polar surface area (TPSA) is 41.1 Å². The Bertz CT molecular complexity index is 344. The normalized spacial score (nSPS) is 18.8. The molecule has 4 nitrogen and oxygen atoms in total. The van der Waals surface area contributed by atoms with Crippen molar-refractivity contribution in [2.75, 3.05) is 31.3 Å². The van der Waals surface area contributed by atoms with E-state index < -0.39 is 0 Å². The highest BCUT2D eigenvalue weighted by Gasteiger charge is 2.16. The minimum Gasteiger partial charge on any atom is -0.358 e. The number of halogens is 1.